The first-order valence-electron chi connectivity index (χ1n) is 5.70. The fraction of sp³-hybridized carbons (Fsp3) is 0.143. The Morgan fingerprint density at radius 2 is 2.06 bits per heavy atom. The molecule has 0 aliphatic heterocycles. The molecule has 2 N–H and O–H groups in total. The summed E-state index contributed by atoms with van der Waals surface area (Å²) in [5, 5.41) is 11.7. The summed E-state index contributed by atoms with van der Waals surface area (Å²) in [7, 11) is 0. The van der Waals surface area contributed by atoms with Crippen molar-refractivity contribution in [2.75, 3.05) is 0 Å². The Morgan fingerprint density at radius 1 is 1.33 bits per heavy atom. The molecule has 0 saturated carbocycles. The maximum atomic E-state index is 11.6. The van der Waals surface area contributed by atoms with Crippen LogP contribution in [0.25, 0.3) is 21.8 Å². The molecule has 90 valence electrons. The van der Waals surface area contributed by atoms with Crippen molar-refractivity contribution in [3.63, 3.8) is 0 Å². The van der Waals surface area contributed by atoms with Crippen LogP contribution in [-0.2, 0) is 0 Å². The molecule has 3 aromatic rings. The monoisotopic (exact) mass is 240 g/mol. The Labute approximate surface area is 103 Å². The Kier molecular flexibility index (Phi) is 2.13. The number of rotatable bonds is 1. The van der Waals surface area contributed by atoms with Crippen LogP contribution in [0.2, 0.25) is 0 Å². The molecule has 0 saturated heterocycles. The van der Waals surface area contributed by atoms with Crippen LogP contribution in [0.15, 0.2) is 24.3 Å². The van der Waals surface area contributed by atoms with Gasteiger partial charge < -0.3 is 10.1 Å². The van der Waals surface area contributed by atoms with Gasteiger partial charge in [-0.2, -0.15) is 0 Å². The van der Waals surface area contributed by atoms with Crippen molar-refractivity contribution >= 4 is 27.6 Å². The highest BCUT2D eigenvalue weighted by atomic mass is 16.3. The van der Waals surface area contributed by atoms with Crippen molar-refractivity contribution in [2.24, 2.45) is 0 Å². The van der Waals surface area contributed by atoms with E-state index in [-0.39, 0.29) is 11.5 Å². The number of aromatic hydroxyl groups is 1. The molecule has 0 aliphatic rings. The normalized spacial score (nSPS) is 11.2. The number of fused-ring (bicyclic) bond motifs is 3. The topological polar surface area (TPSA) is 66.0 Å². The SMILES string of the molecule is CC(=O)c1nc(C)c(O)c2c1[nH]c1ccccc12. The third-order valence-electron chi connectivity index (χ3n) is 3.14. The van der Waals surface area contributed by atoms with Crippen molar-refractivity contribution in [3.8, 4) is 5.75 Å². The number of aryl methyl sites for hydroxylation is 1. The van der Waals surface area contributed by atoms with E-state index in [4.69, 9.17) is 0 Å². The number of nitrogens with one attached hydrogen (secondary N) is 1. The van der Waals surface area contributed by atoms with Gasteiger partial charge in [-0.25, -0.2) is 4.98 Å². The molecule has 4 heteroatoms. The second-order valence-corrected chi connectivity index (χ2v) is 4.37. The van der Waals surface area contributed by atoms with Crippen molar-refractivity contribution in [2.45, 2.75) is 13.8 Å². The second-order valence-electron chi connectivity index (χ2n) is 4.37. The number of benzene rings is 1. The number of nitrogens with zero attached hydrogens (tertiary/aromatic N) is 1. The third kappa shape index (κ3) is 1.32. The molecular weight excluding hydrogens is 228 g/mol. The Bertz CT molecular complexity index is 787. The zero-order valence-corrected chi connectivity index (χ0v) is 10.1. The number of aromatic amines is 1. The van der Waals surface area contributed by atoms with Crippen LogP contribution in [0.1, 0.15) is 23.1 Å². The van der Waals surface area contributed by atoms with E-state index in [0.29, 0.717) is 22.3 Å². The van der Waals surface area contributed by atoms with E-state index in [1.807, 2.05) is 24.3 Å². The van der Waals surface area contributed by atoms with Crippen molar-refractivity contribution in [3.05, 3.63) is 35.7 Å². The van der Waals surface area contributed by atoms with Gasteiger partial charge >= 0.3 is 0 Å². The average molecular weight is 240 g/mol. The first kappa shape index (κ1) is 10.8. The number of aromatic nitrogens is 2. The van der Waals surface area contributed by atoms with Crippen molar-refractivity contribution < 1.29 is 9.90 Å². The van der Waals surface area contributed by atoms with E-state index in [1.165, 1.54) is 6.92 Å². The van der Waals surface area contributed by atoms with Crippen LogP contribution in [0, 0.1) is 6.92 Å². The number of pyridine rings is 1. The molecule has 0 fully saturated rings. The third-order valence-corrected chi connectivity index (χ3v) is 3.14. The lowest BCUT2D eigenvalue weighted by Gasteiger charge is -2.04. The number of carbonyl (C=O) groups excluding carboxylic acids is 1. The van der Waals surface area contributed by atoms with E-state index in [0.717, 1.165) is 10.9 Å². The first-order valence-corrected chi connectivity index (χ1v) is 5.70. The van der Waals surface area contributed by atoms with E-state index in [2.05, 4.69) is 9.97 Å². The van der Waals surface area contributed by atoms with Crippen molar-refractivity contribution in [1.82, 2.24) is 9.97 Å². The van der Waals surface area contributed by atoms with Crippen LogP contribution >= 0.6 is 0 Å². The molecule has 0 bridgehead atoms. The van der Waals surface area contributed by atoms with Gasteiger partial charge in [0.1, 0.15) is 11.4 Å². The van der Waals surface area contributed by atoms with E-state index < -0.39 is 0 Å². The number of hydrogen-bond acceptors (Lipinski definition) is 3. The van der Waals surface area contributed by atoms with Crippen LogP contribution in [0.5, 0.6) is 5.75 Å². The quantitative estimate of drug-likeness (QED) is 0.643. The summed E-state index contributed by atoms with van der Waals surface area (Å²) in [6.45, 7) is 3.17. The highest BCUT2D eigenvalue weighted by molar-refractivity contribution is 6.16. The minimum absolute atomic E-state index is 0.116. The highest BCUT2D eigenvalue weighted by Gasteiger charge is 2.17. The maximum Gasteiger partial charge on any atom is 0.180 e. The Hall–Kier alpha value is -2.36. The van der Waals surface area contributed by atoms with Gasteiger partial charge in [0.05, 0.1) is 16.6 Å². The summed E-state index contributed by atoms with van der Waals surface area (Å²) in [4.78, 5) is 19.0. The minimum Gasteiger partial charge on any atom is -0.505 e. The minimum atomic E-state index is -0.116. The first-order chi connectivity index (χ1) is 8.59. The standard InChI is InChI=1S/C14H12N2O2/c1-7-14(18)11-9-5-3-4-6-10(9)16-13(11)12(15-7)8(2)17/h3-6,16,18H,1-2H3. The molecule has 0 spiro atoms. The lowest BCUT2D eigenvalue weighted by atomic mass is 10.1. The predicted octanol–water partition coefficient (Wildman–Crippen LogP) is 2.93. The van der Waals surface area contributed by atoms with E-state index in [1.54, 1.807) is 6.92 Å². The molecule has 3 rings (SSSR count). The number of hydrogen-bond donors (Lipinski definition) is 2. The van der Waals surface area contributed by atoms with E-state index in [9.17, 15) is 9.90 Å². The number of H-pyrrole nitrogens is 1. The van der Waals surface area contributed by atoms with Gasteiger partial charge in [0.15, 0.2) is 5.78 Å². The maximum absolute atomic E-state index is 11.6. The Morgan fingerprint density at radius 3 is 2.78 bits per heavy atom. The summed E-state index contributed by atoms with van der Waals surface area (Å²) >= 11 is 0. The van der Waals surface area contributed by atoms with E-state index >= 15 is 0 Å². The van der Waals surface area contributed by atoms with Gasteiger partial charge in [0.2, 0.25) is 0 Å². The molecule has 0 aliphatic carbocycles. The zero-order valence-electron chi connectivity index (χ0n) is 10.1. The summed E-state index contributed by atoms with van der Waals surface area (Å²) in [6.07, 6.45) is 0. The van der Waals surface area contributed by atoms with Crippen LogP contribution in [0.4, 0.5) is 0 Å². The van der Waals surface area contributed by atoms with Gasteiger partial charge in [-0.1, -0.05) is 18.2 Å². The molecule has 0 radical (unpaired) electrons. The molecular formula is C14H12N2O2. The summed E-state index contributed by atoms with van der Waals surface area (Å²) in [5.74, 6) is 0.0158. The largest absolute Gasteiger partial charge is 0.505 e. The number of carbonyl (C=O) groups is 1. The molecule has 2 aromatic heterocycles. The number of para-hydroxylation sites is 1. The summed E-state index contributed by atoms with van der Waals surface area (Å²) < 4.78 is 0. The molecule has 0 atom stereocenters. The van der Waals surface area contributed by atoms with Crippen LogP contribution < -0.4 is 0 Å². The molecule has 1 aromatic carbocycles. The second kappa shape index (κ2) is 3.57. The number of Topliss-reactive ketones (excluding diaryl/α,β-unsaturated/α-hetero) is 1. The molecule has 4 nitrogen and oxygen atoms in total. The fourth-order valence-electron chi connectivity index (χ4n) is 2.28. The highest BCUT2D eigenvalue weighted by Crippen LogP contribution is 2.35. The molecule has 0 unspecified atom stereocenters. The van der Waals surface area contributed by atoms with Gasteiger partial charge in [0.25, 0.3) is 0 Å². The lowest BCUT2D eigenvalue weighted by molar-refractivity contribution is 0.101. The molecule has 18 heavy (non-hydrogen) atoms. The van der Waals surface area contributed by atoms with Gasteiger partial charge in [-0.3, -0.25) is 4.79 Å². The molecule has 0 amide bonds. The van der Waals surface area contributed by atoms with Gasteiger partial charge in [-0.15, -0.1) is 0 Å². The summed E-state index contributed by atoms with van der Waals surface area (Å²) in [5.41, 5.74) is 2.33. The lowest BCUT2D eigenvalue weighted by Crippen LogP contribution is -2.00. The van der Waals surface area contributed by atoms with Gasteiger partial charge in [0, 0.05) is 17.8 Å². The molecule has 2 heterocycles. The number of ketones is 1. The predicted molar refractivity (Wildman–Crippen MR) is 70.0 cm³/mol. The van der Waals surface area contributed by atoms with Crippen molar-refractivity contribution in [1.29, 1.82) is 0 Å². The average Bonchev–Trinajstić information content (AvgIpc) is 2.72. The smallest absolute Gasteiger partial charge is 0.180 e. The summed E-state index contributed by atoms with van der Waals surface area (Å²) in [6, 6.07) is 7.63. The zero-order chi connectivity index (χ0) is 12.9. The van der Waals surface area contributed by atoms with Gasteiger partial charge in [-0.05, 0) is 13.0 Å². The van der Waals surface area contributed by atoms with Crippen LogP contribution in [0.3, 0.4) is 0 Å². The Balaban J connectivity index is 2.61. The van der Waals surface area contributed by atoms with Crippen LogP contribution in [-0.4, -0.2) is 20.9 Å². The fourth-order valence-corrected chi connectivity index (χ4v) is 2.28.